The molecule has 0 saturated carbocycles. The Labute approximate surface area is 205 Å². The molecule has 0 saturated heterocycles. The Morgan fingerprint density at radius 1 is 0.941 bits per heavy atom. The number of aromatic nitrogens is 1. The zero-order valence-electron chi connectivity index (χ0n) is 18.4. The van der Waals surface area contributed by atoms with Crippen molar-refractivity contribution in [3.8, 4) is 0 Å². The van der Waals surface area contributed by atoms with Crippen molar-refractivity contribution in [2.24, 2.45) is 0 Å². The Morgan fingerprint density at radius 2 is 1.65 bits per heavy atom. The fourth-order valence-corrected chi connectivity index (χ4v) is 4.61. The molecule has 6 nitrogen and oxygen atoms in total. The number of thiophene rings is 1. The van der Waals surface area contributed by atoms with Crippen LogP contribution in [-0.4, -0.2) is 16.4 Å². The average molecular weight is 492 g/mol. The van der Waals surface area contributed by atoms with Gasteiger partial charge in [0.25, 0.3) is 17.4 Å². The second-order valence-corrected chi connectivity index (χ2v) is 9.18. The van der Waals surface area contributed by atoms with Gasteiger partial charge in [-0.1, -0.05) is 54.1 Å². The largest absolute Gasteiger partial charge is 0.347 e. The van der Waals surface area contributed by atoms with E-state index >= 15 is 0 Å². The first kappa shape index (κ1) is 23.5. The first-order valence-corrected chi connectivity index (χ1v) is 11.8. The van der Waals surface area contributed by atoms with Crippen LogP contribution in [0, 0.1) is 6.92 Å². The van der Waals surface area contributed by atoms with Gasteiger partial charge in [0.05, 0.1) is 27.0 Å². The summed E-state index contributed by atoms with van der Waals surface area (Å²) >= 11 is 7.31. The van der Waals surface area contributed by atoms with Gasteiger partial charge >= 0.3 is 0 Å². The molecule has 172 valence electrons. The average Bonchev–Trinajstić information content (AvgIpc) is 3.20. The fourth-order valence-electron chi connectivity index (χ4n) is 3.41. The Balaban J connectivity index is 1.35. The molecule has 0 fully saturated rings. The summed E-state index contributed by atoms with van der Waals surface area (Å²) in [6, 6.07) is 21.4. The van der Waals surface area contributed by atoms with Crippen LogP contribution in [0.4, 0.5) is 5.00 Å². The molecule has 2 N–H and O–H groups in total. The maximum atomic E-state index is 12.7. The smallest absolute Gasteiger partial charge is 0.261 e. The summed E-state index contributed by atoms with van der Waals surface area (Å²) in [5.41, 5.74) is 3.05. The number of nitrogens with zero attached hydrogens (tertiary/aromatic N) is 1. The molecule has 0 aliphatic carbocycles. The van der Waals surface area contributed by atoms with Gasteiger partial charge in [-0.05, 0) is 47.9 Å². The van der Waals surface area contributed by atoms with Crippen LogP contribution < -0.4 is 16.2 Å². The molecule has 2 amide bonds. The van der Waals surface area contributed by atoms with Crippen LogP contribution in [0.25, 0.3) is 0 Å². The van der Waals surface area contributed by atoms with Crippen LogP contribution in [-0.2, 0) is 13.1 Å². The Hall–Kier alpha value is -3.68. The number of halogens is 1. The summed E-state index contributed by atoms with van der Waals surface area (Å²) in [7, 11) is 0. The molecule has 0 aliphatic heterocycles. The molecule has 8 heteroatoms. The van der Waals surface area contributed by atoms with E-state index in [1.807, 2.05) is 37.3 Å². The second-order valence-electron chi connectivity index (χ2n) is 7.72. The minimum atomic E-state index is -0.323. The minimum Gasteiger partial charge on any atom is -0.347 e. The van der Waals surface area contributed by atoms with Crippen LogP contribution in [0.2, 0.25) is 5.02 Å². The molecule has 2 aromatic carbocycles. The number of benzene rings is 2. The van der Waals surface area contributed by atoms with Crippen molar-refractivity contribution in [1.29, 1.82) is 0 Å². The highest BCUT2D eigenvalue weighted by Crippen LogP contribution is 2.28. The van der Waals surface area contributed by atoms with Gasteiger partial charge in [0.1, 0.15) is 0 Å². The van der Waals surface area contributed by atoms with Gasteiger partial charge in [0.2, 0.25) is 0 Å². The van der Waals surface area contributed by atoms with Gasteiger partial charge in [-0.25, -0.2) is 0 Å². The predicted octanol–water partition coefficient (Wildman–Crippen LogP) is 5.10. The van der Waals surface area contributed by atoms with Crippen molar-refractivity contribution in [3.63, 3.8) is 0 Å². The quantitative estimate of drug-likeness (QED) is 0.377. The van der Waals surface area contributed by atoms with E-state index in [0.29, 0.717) is 33.6 Å². The zero-order valence-corrected chi connectivity index (χ0v) is 20.0. The van der Waals surface area contributed by atoms with E-state index in [1.54, 1.807) is 47.2 Å². The molecular weight excluding hydrogens is 470 g/mol. The van der Waals surface area contributed by atoms with Crippen molar-refractivity contribution in [2.45, 2.75) is 20.0 Å². The van der Waals surface area contributed by atoms with Crippen LogP contribution in [0.3, 0.4) is 0 Å². The SMILES string of the molecule is Cc1cc(NC(=O)c2ccccc2Cl)sc1C(=O)NCc1ccc(Cn2ccccc2=O)cc1. The van der Waals surface area contributed by atoms with Gasteiger partial charge in [-0.3, -0.25) is 14.4 Å². The normalized spacial score (nSPS) is 10.6. The van der Waals surface area contributed by atoms with Crippen molar-refractivity contribution in [2.75, 3.05) is 5.32 Å². The summed E-state index contributed by atoms with van der Waals surface area (Å²) < 4.78 is 1.64. The summed E-state index contributed by atoms with van der Waals surface area (Å²) in [6.45, 7) is 2.68. The maximum Gasteiger partial charge on any atom is 0.261 e. The standard InChI is InChI=1S/C26H22ClN3O3S/c1-17-14-22(29-25(32)20-6-2-3-7-21(20)27)34-24(17)26(33)28-15-18-9-11-19(12-10-18)16-30-13-5-4-8-23(30)31/h2-14H,15-16H2,1H3,(H,28,33)(H,29,32). The Morgan fingerprint density at radius 3 is 2.38 bits per heavy atom. The lowest BCUT2D eigenvalue weighted by atomic mass is 10.1. The summed E-state index contributed by atoms with van der Waals surface area (Å²) in [5.74, 6) is -0.530. The molecule has 34 heavy (non-hydrogen) atoms. The van der Waals surface area contributed by atoms with Crippen LogP contribution in [0.1, 0.15) is 36.7 Å². The van der Waals surface area contributed by atoms with Crippen molar-refractivity contribution < 1.29 is 9.59 Å². The third-order valence-corrected chi connectivity index (χ3v) is 6.69. The van der Waals surface area contributed by atoms with Crippen molar-refractivity contribution >= 4 is 39.8 Å². The highest BCUT2D eigenvalue weighted by atomic mass is 35.5. The molecule has 2 aromatic heterocycles. The number of carbonyl (C=O) groups is 2. The second kappa shape index (κ2) is 10.5. The summed E-state index contributed by atoms with van der Waals surface area (Å²) in [4.78, 5) is 37.6. The summed E-state index contributed by atoms with van der Waals surface area (Å²) in [6.07, 6.45) is 1.75. The fraction of sp³-hybridized carbons (Fsp3) is 0.115. The first-order valence-electron chi connectivity index (χ1n) is 10.6. The number of pyridine rings is 1. The number of amides is 2. The van der Waals surface area contributed by atoms with Gasteiger partial charge in [0.15, 0.2) is 0 Å². The molecule has 0 bridgehead atoms. The van der Waals surface area contributed by atoms with Gasteiger partial charge in [-0.15, -0.1) is 11.3 Å². The Kier molecular flexibility index (Phi) is 7.25. The molecular formula is C26H22ClN3O3S. The number of hydrogen-bond donors (Lipinski definition) is 2. The van der Waals surface area contributed by atoms with Crippen LogP contribution >= 0.6 is 22.9 Å². The van der Waals surface area contributed by atoms with E-state index in [1.165, 1.54) is 17.4 Å². The van der Waals surface area contributed by atoms with E-state index in [4.69, 9.17) is 11.6 Å². The molecule has 4 aromatic rings. The van der Waals surface area contributed by atoms with E-state index in [-0.39, 0.29) is 17.4 Å². The van der Waals surface area contributed by atoms with Gasteiger partial charge in [0, 0.05) is 18.8 Å². The molecule has 4 rings (SSSR count). The van der Waals surface area contributed by atoms with E-state index < -0.39 is 0 Å². The molecule has 2 heterocycles. The Bertz CT molecular complexity index is 1390. The monoisotopic (exact) mass is 491 g/mol. The van der Waals surface area contributed by atoms with E-state index in [9.17, 15) is 14.4 Å². The molecule has 0 spiro atoms. The first-order chi connectivity index (χ1) is 16.4. The number of rotatable bonds is 7. The van der Waals surface area contributed by atoms with E-state index in [0.717, 1.165) is 16.7 Å². The highest BCUT2D eigenvalue weighted by Gasteiger charge is 2.16. The third-order valence-electron chi connectivity index (χ3n) is 5.21. The predicted molar refractivity (Wildman–Crippen MR) is 136 cm³/mol. The lowest BCUT2D eigenvalue weighted by molar-refractivity contribution is 0.0953. The van der Waals surface area contributed by atoms with Crippen LogP contribution in [0.5, 0.6) is 0 Å². The molecule has 0 radical (unpaired) electrons. The van der Waals surface area contributed by atoms with Crippen molar-refractivity contribution in [3.05, 3.63) is 122 Å². The lowest BCUT2D eigenvalue weighted by Gasteiger charge is -2.08. The number of nitrogens with one attached hydrogen (secondary N) is 2. The zero-order chi connectivity index (χ0) is 24.1. The lowest BCUT2D eigenvalue weighted by Crippen LogP contribution is -2.22. The molecule has 0 atom stereocenters. The number of anilines is 1. The molecule has 0 unspecified atom stereocenters. The topological polar surface area (TPSA) is 80.2 Å². The van der Waals surface area contributed by atoms with Crippen LogP contribution in [0.15, 0.2) is 83.8 Å². The van der Waals surface area contributed by atoms with Crippen molar-refractivity contribution in [1.82, 2.24) is 9.88 Å². The number of aryl methyl sites for hydroxylation is 1. The highest BCUT2D eigenvalue weighted by molar-refractivity contribution is 7.18. The number of carbonyl (C=O) groups excluding carboxylic acids is 2. The van der Waals surface area contributed by atoms with Gasteiger partial charge < -0.3 is 15.2 Å². The molecule has 0 aliphatic rings. The number of hydrogen-bond acceptors (Lipinski definition) is 4. The minimum absolute atomic E-state index is 0.0485. The third kappa shape index (κ3) is 5.62. The maximum absolute atomic E-state index is 12.7. The van der Waals surface area contributed by atoms with E-state index in [2.05, 4.69) is 10.6 Å². The van der Waals surface area contributed by atoms with Gasteiger partial charge in [-0.2, -0.15) is 0 Å². The summed E-state index contributed by atoms with van der Waals surface area (Å²) in [5, 5.41) is 6.68.